The minimum atomic E-state index is 0.623. The molecule has 7 heteroatoms. The van der Waals surface area contributed by atoms with Crippen molar-refractivity contribution in [1.29, 1.82) is 0 Å². The number of anilines is 1. The molecular formula is C9H10BrN5O. The van der Waals surface area contributed by atoms with E-state index in [0.717, 1.165) is 37.8 Å². The highest BCUT2D eigenvalue weighted by Gasteiger charge is 2.13. The number of morpholine rings is 1. The Morgan fingerprint density at radius 2 is 2.00 bits per heavy atom. The van der Waals surface area contributed by atoms with Crippen molar-refractivity contribution in [1.82, 2.24) is 19.8 Å². The zero-order valence-electron chi connectivity index (χ0n) is 8.51. The van der Waals surface area contributed by atoms with Gasteiger partial charge >= 0.3 is 0 Å². The van der Waals surface area contributed by atoms with Crippen molar-refractivity contribution >= 4 is 27.4 Å². The van der Waals surface area contributed by atoms with Gasteiger partial charge in [-0.15, -0.1) is 15.3 Å². The highest BCUT2D eigenvalue weighted by molar-refractivity contribution is 9.10. The summed E-state index contributed by atoms with van der Waals surface area (Å²) < 4.78 is 7.62. The van der Waals surface area contributed by atoms with Gasteiger partial charge < -0.3 is 9.64 Å². The van der Waals surface area contributed by atoms with E-state index < -0.39 is 0 Å². The fourth-order valence-electron chi connectivity index (χ4n) is 1.71. The fraction of sp³-hybridized carbons (Fsp3) is 0.444. The van der Waals surface area contributed by atoms with E-state index in [9.17, 15) is 0 Å². The lowest BCUT2D eigenvalue weighted by Crippen LogP contribution is -2.37. The molecule has 2 aromatic heterocycles. The number of fused-ring (bicyclic) bond motifs is 1. The number of hydrogen-bond donors (Lipinski definition) is 0. The van der Waals surface area contributed by atoms with Crippen LogP contribution < -0.4 is 4.90 Å². The summed E-state index contributed by atoms with van der Waals surface area (Å²) in [5.41, 5.74) is 0.740. The third kappa shape index (κ3) is 1.65. The van der Waals surface area contributed by atoms with Gasteiger partial charge in [0, 0.05) is 13.1 Å². The molecule has 1 fully saturated rings. The molecule has 0 aliphatic carbocycles. The third-order valence-corrected chi connectivity index (χ3v) is 3.04. The lowest BCUT2D eigenvalue weighted by atomic mass is 10.4. The highest BCUT2D eigenvalue weighted by atomic mass is 79.9. The topological polar surface area (TPSA) is 55.5 Å². The van der Waals surface area contributed by atoms with Crippen molar-refractivity contribution in [3.63, 3.8) is 0 Å². The Morgan fingerprint density at radius 3 is 2.81 bits per heavy atom. The van der Waals surface area contributed by atoms with Gasteiger partial charge in [0.2, 0.25) is 4.73 Å². The molecule has 0 aromatic carbocycles. The molecule has 1 saturated heterocycles. The maximum atomic E-state index is 5.31. The minimum absolute atomic E-state index is 0.623. The molecule has 6 nitrogen and oxygen atoms in total. The number of nitrogens with zero attached hydrogens (tertiary/aromatic N) is 5. The molecule has 1 aliphatic heterocycles. The summed E-state index contributed by atoms with van der Waals surface area (Å²) in [4.78, 5) is 2.19. The molecule has 0 saturated carbocycles. The summed E-state index contributed by atoms with van der Waals surface area (Å²) in [5, 5.41) is 12.3. The number of hydrogen-bond acceptors (Lipinski definition) is 5. The van der Waals surface area contributed by atoms with Crippen LogP contribution in [0.5, 0.6) is 0 Å². The predicted molar refractivity (Wildman–Crippen MR) is 61.5 cm³/mol. The monoisotopic (exact) mass is 283 g/mol. The molecular weight excluding hydrogens is 274 g/mol. The van der Waals surface area contributed by atoms with Crippen molar-refractivity contribution in [2.75, 3.05) is 31.2 Å². The van der Waals surface area contributed by atoms with Crippen LogP contribution in [0.2, 0.25) is 0 Å². The molecule has 0 amide bonds. The maximum Gasteiger partial charge on any atom is 0.221 e. The second-order valence-corrected chi connectivity index (χ2v) is 4.24. The summed E-state index contributed by atoms with van der Waals surface area (Å²) in [5.74, 6) is 0.927. The molecule has 2 aromatic rings. The first-order valence-corrected chi connectivity index (χ1v) is 5.84. The Hall–Kier alpha value is -1.21. The average molecular weight is 284 g/mol. The Bertz CT molecular complexity index is 508. The largest absolute Gasteiger partial charge is 0.378 e. The van der Waals surface area contributed by atoms with Crippen LogP contribution in [0.4, 0.5) is 5.82 Å². The van der Waals surface area contributed by atoms with E-state index in [1.165, 1.54) is 0 Å². The first-order chi connectivity index (χ1) is 7.84. The van der Waals surface area contributed by atoms with Gasteiger partial charge in [0.15, 0.2) is 5.65 Å². The van der Waals surface area contributed by atoms with Crippen molar-refractivity contribution in [2.24, 2.45) is 0 Å². The van der Waals surface area contributed by atoms with E-state index in [1.54, 1.807) is 4.52 Å². The molecule has 3 heterocycles. The van der Waals surface area contributed by atoms with E-state index >= 15 is 0 Å². The second-order valence-electron chi connectivity index (χ2n) is 3.53. The number of rotatable bonds is 1. The van der Waals surface area contributed by atoms with Crippen molar-refractivity contribution in [2.45, 2.75) is 0 Å². The molecule has 0 atom stereocenters. The lowest BCUT2D eigenvalue weighted by molar-refractivity contribution is 0.122. The average Bonchev–Trinajstić information content (AvgIpc) is 2.72. The lowest BCUT2D eigenvalue weighted by Gasteiger charge is -2.27. The van der Waals surface area contributed by atoms with Gasteiger partial charge in [-0.2, -0.15) is 4.52 Å². The highest BCUT2D eigenvalue weighted by Crippen LogP contribution is 2.15. The van der Waals surface area contributed by atoms with Crippen molar-refractivity contribution < 1.29 is 4.74 Å². The van der Waals surface area contributed by atoms with E-state index in [-0.39, 0.29) is 0 Å². The molecule has 84 valence electrons. The van der Waals surface area contributed by atoms with Crippen molar-refractivity contribution in [3.05, 3.63) is 16.9 Å². The molecule has 0 bridgehead atoms. The zero-order valence-corrected chi connectivity index (χ0v) is 10.1. The van der Waals surface area contributed by atoms with Gasteiger partial charge in [-0.1, -0.05) is 0 Å². The van der Waals surface area contributed by atoms with Crippen LogP contribution in [-0.2, 0) is 4.74 Å². The molecule has 16 heavy (non-hydrogen) atoms. The first kappa shape index (κ1) is 9.98. The molecule has 3 rings (SSSR count). The van der Waals surface area contributed by atoms with Crippen LogP contribution >= 0.6 is 15.9 Å². The summed E-state index contributed by atoms with van der Waals surface area (Å²) >= 11 is 3.31. The van der Waals surface area contributed by atoms with E-state index in [0.29, 0.717) is 4.73 Å². The van der Waals surface area contributed by atoms with Crippen LogP contribution in [0.15, 0.2) is 16.9 Å². The van der Waals surface area contributed by atoms with Crippen LogP contribution in [0.1, 0.15) is 0 Å². The van der Waals surface area contributed by atoms with E-state index in [2.05, 4.69) is 36.1 Å². The summed E-state index contributed by atoms with van der Waals surface area (Å²) in [7, 11) is 0. The molecule has 0 spiro atoms. The smallest absolute Gasteiger partial charge is 0.221 e. The van der Waals surface area contributed by atoms with E-state index in [1.807, 2.05) is 12.1 Å². The van der Waals surface area contributed by atoms with Gasteiger partial charge in [-0.25, -0.2) is 0 Å². The third-order valence-electron chi connectivity index (χ3n) is 2.55. The SMILES string of the molecule is Brc1nnc2ccc(N3CCOCC3)nn12. The first-order valence-electron chi connectivity index (χ1n) is 5.05. The fourth-order valence-corrected chi connectivity index (χ4v) is 2.05. The Labute approximate surface area is 100 Å². The van der Waals surface area contributed by atoms with E-state index in [4.69, 9.17) is 4.74 Å². The zero-order chi connectivity index (χ0) is 11.0. The Morgan fingerprint density at radius 1 is 1.19 bits per heavy atom. The number of halogens is 1. The molecule has 1 aliphatic rings. The van der Waals surface area contributed by atoms with Crippen molar-refractivity contribution in [3.8, 4) is 0 Å². The summed E-state index contributed by atoms with van der Waals surface area (Å²) in [6, 6.07) is 3.87. The Balaban J connectivity index is 1.99. The Kier molecular flexibility index (Phi) is 2.49. The van der Waals surface area contributed by atoms with Gasteiger partial charge in [-0.3, -0.25) is 0 Å². The minimum Gasteiger partial charge on any atom is -0.378 e. The van der Waals surface area contributed by atoms with Crippen LogP contribution in [0.3, 0.4) is 0 Å². The molecule has 0 unspecified atom stereocenters. The van der Waals surface area contributed by atoms with Crippen LogP contribution in [-0.4, -0.2) is 46.1 Å². The maximum absolute atomic E-state index is 5.31. The quantitative estimate of drug-likeness (QED) is 0.772. The van der Waals surface area contributed by atoms with Crippen LogP contribution in [0, 0.1) is 0 Å². The van der Waals surface area contributed by atoms with Gasteiger partial charge in [0.25, 0.3) is 0 Å². The number of aromatic nitrogens is 4. The normalized spacial score (nSPS) is 16.9. The standard InChI is InChI=1S/C9H10BrN5O/c10-9-12-11-7-1-2-8(13-15(7)9)14-3-5-16-6-4-14/h1-2H,3-6H2. The summed E-state index contributed by atoms with van der Waals surface area (Å²) in [6.07, 6.45) is 0. The molecule has 0 N–H and O–H groups in total. The van der Waals surface area contributed by atoms with Gasteiger partial charge in [-0.05, 0) is 28.1 Å². The van der Waals surface area contributed by atoms with Crippen LogP contribution in [0.25, 0.3) is 5.65 Å². The van der Waals surface area contributed by atoms with Gasteiger partial charge in [0.1, 0.15) is 5.82 Å². The summed E-state index contributed by atoms with van der Waals surface area (Å²) in [6.45, 7) is 3.25. The second kappa shape index (κ2) is 3.99. The van der Waals surface area contributed by atoms with Gasteiger partial charge in [0.05, 0.1) is 13.2 Å². The predicted octanol–water partition coefficient (Wildman–Crippen LogP) is 0.723. The molecule has 0 radical (unpaired) electrons. The number of ether oxygens (including phenoxy) is 1.